The van der Waals surface area contributed by atoms with E-state index in [4.69, 9.17) is 14.6 Å². The average Bonchev–Trinajstić information content (AvgIpc) is 3.28. The van der Waals surface area contributed by atoms with Gasteiger partial charge in [-0.05, 0) is 24.5 Å². The third-order valence-corrected chi connectivity index (χ3v) is 4.09. The number of aromatic nitrogens is 2. The van der Waals surface area contributed by atoms with Gasteiger partial charge in [0.15, 0.2) is 12.2 Å². The number of benzene rings is 1. The van der Waals surface area contributed by atoms with Gasteiger partial charge in [-0.1, -0.05) is 26.0 Å². The molecule has 0 saturated carbocycles. The maximum absolute atomic E-state index is 12.1. The number of ether oxygens (including phenoxy) is 2. The molecule has 1 aliphatic rings. The minimum Gasteiger partial charge on any atom is -0.479 e. The molecule has 26 heavy (non-hydrogen) atoms. The lowest BCUT2D eigenvalue weighted by molar-refractivity contribution is -0.138. The first-order valence-electron chi connectivity index (χ1n) is 8.64. The van der Waals surface area contributed by atoms with Crippen LogP contribution in [0.1, 0.15) is 26.1 Å². The number of para-hydroxylation sites is 2. The van der Waals surface area contributed by atoms with Gasteiger partial charge in [-0.15, -0.1) is 0 Å². The van der Waals surface area contributed by atoms with Gasteiger partial charge in [0.25, 0.3) is 5.91 Å². The summed E-state index contributed by atoms with van der Waals surface area (Å²) >= 11 is 0. The highest BCUT2D eigenvalue weighted by molar-refractivity contribution is 5.92. The molecule has 8 heteroatoms. The zero-order valence-electron chi connectivity index (χ0n) is 14.8. The number of carbonyl (C=O) groups excluding carboxylic acids is 1. The van der Waals surface area contributed by atoms with Crippen LogP contribution in [0.15, 0.2) is 24.3 Å². The number of H-pyrrole nitrogens is 1. The molecule has 0 spiro atoms. The molecule has 1 saturated heterocycles. The van der Waals surface area contributed by atoms with Crippen molar-refractivity contribution in [3.8, 4) is 0 Å². The molecule has 8 nitrogen and oxygen atoms in total. The van der Waals surface area contributed by atoms with Crippen molar-refractivity contribution in [2.75, 3.05) is 6.61 Å². The summed E-state index contributed by atoms with van der Waals surface area (Å²) in [5.41, 5.74) is 1.83. The van der Waals surface area contributed by atoms with Crippen LogP contribution in [0.2, 0.25) is 0 Å². The Morgan fingerprint density at radius 1 is 1.35 bits per heavy atom. The van der Waals surface area contributed by atoms with Crippen molar-refractivity contribution >= 4 is 22.9 Å². The van der Waals surface area contributed by atoms with Gasteiger partial charge in [0.05, 0.1) is 23.7 Å². The molecule has 1 aromatic heterocycles. The lowest BCUT2D eigenvalue weighted by atomic mass is 10.0. The summed E-state index contributed by atoms with van der Waals surface area (Å²) in [6.07, 6.45) is -1.22. The molecule has 140 valence electrons. The number of hydrogen-bond acceptors (Lipinski definition) is 5. The number of epoxide rings is 1. The zero-order chi connectivity index (χ0) is 18.7. The van der Waals surface area contributed by atoms with Gasteiger partial charge in [-0.3, -0.25) is 4.79 Å². The topological polar surface area (TPSA) is 117 Å². The number of hydrogen-bond donors (Lipinski definition) is 3. The van der Waals surface area contributed by atoms with Gasteiger partial charge in [0.2, 0.25) is 0 Å². The molecule has 3 atom stereocenters. The van der Waals surface area contributed by atoms with E-state index in [1.165, 1.54) is 0 Å². The quantitative estimate of drug-likeness (QED) is 0.582. The van der Waals surface area contributed by atoms with Crippen molar-refractivity contribution in [1.82, 2.24) is 15.3 Å². The molecule has 1 unspecified atom stereocenters. The van der Waals surface area contributed by atoms with E-state index in [0.717, 1.165) is 23.3 Å². The fraction of sp³-hybridized carbons (Fsp3) is 0.500. The number of fused-ring (bicyclic) bond motifs is 1. The lowest BCUT2D eigenvalue weighted by Gasteiger charge is -2.20. The van der Waals surface area contributed by atoms with Crippen LogP contribution in [0, 0.1) is 5.92 Å². The smallest absolute Gasteiger partial charge is 0.336 e. The van der Waals surface area contributed by atoms with Gasteiger partial charge in [-0.2, -0.15) is 0 Å². The van der Waals surface area contributed by atoms with E-state index in [2.05, 4.69) is 15.3 Å². The molecule has 2 aromatic rings. The summed E-state index contributed by atoms with van der Waals surface area (Å²) in [5.74, 6) is -0.454. The molecule has 1 aromatic carbocycles. The normalized spacial score (nSPS) is 20.3. The standard InChI is InChI=1S/C18H23N3O5/c1-10(2)7-11(19-17(22)15-16(26-15)18(23)24)8-25-9-14-20-12-5-3-4-6-13(12)21-14/h3-6,10-11,15-16H,7-9H2,1-2H3,(H,19,22)(H,20,21)(H,23,24)/t11?,15-,16-/m0/s1. The molecule has 1 aliphatic heterocycles. The molecule has 0 aliphatic carbocycles. The number of aromatic amines is 1. The van der Waals surface area contributed by atoms with Crippen molar-refractivity contribution in [3.05, 3.63) is 30.1 Å². The van der Waals surface area contributed by atoms with Crippen LogP contribution in [0.4, 0.5) is 0 Å². The number of rotatable bonds is 9. The fourth-order valence-electron chi connectivity index (χ4n) is 2.89. The molecule has 1 amide bonds. The van der Waals surface area contributed by atoms with Crippen LogP contribution in [0.5, 0.6) is 0 Å². The van der Waals surface area contributed by atoms with Gasteiger partial charge >= 0.3 is 5.97 Å². The number of imidazole rings is 1. The van der Waals surface area contributed by atoms with E-state index in [0.29, 0.717) is 19.1 Å². The summed E-state index contributed by atoms with van der Waals surface area (Å²) < 4.78 is 10.6. The number of nitrogens with zero attached hydrogens (tertiary/aromatic N) is 1. The first-order valence-corrected chi connectivity index (χ1v) is 8.64. The van der Waals surface area contributed by atoms with Gasteiger partial charge in [0.1, 0.15) is 12.4 Å². The maximum atomic E-state index is 12.1. The molecule has 3 N–H and O–H groups in total. The predicted octanol–water partition coefficient (Wildman–Crippen LogP) is 1.46. The van der Waals surface area contributed by atoms with Crippen molar-refractivity contribution in [1.29, 1.82) is 0 Å². The first kappa shape index (κ1) is 18.3. The summed E-state index contributed by atoms with van der Waals surface area (Å²) in [5, 5.41) is 11.7. The van der Waals surface area contributed by atoms with Crippen LogP contribution in [-0.4, -0.2) is 51.8 Å². The Labute approximate surface area is 150 Å². The Morgan fingerprint density at radius 2 is 2.12 bits per heavy atom. The summed E-state index contributed by atoms with van der Waals surface area (Å²) in [6, 6.07) is 7.51. The lowest BCUT2D eigenvalue weighted by Crippen LogP contribution is -2.42. The van der Waals surface area contributed by atoms with E-state index in [9.17, 15) is 9.59 Å². The summed E-state index contributed by atoms with van der Waals surface area (Å²) in [7, 11) is 0. The van der Waals surface area contributed by atoms with Crippen LogP contribution >= 0.6 is 0 Å². The number of carboxylic acids is 1. The molecule has 2 heterocycles. The third kappa shape index (κ3) is 4.59. The van der Waals surface area contributed by atoms with Gasteiger partial charge < -0.3 is 24.9 Å². The number of aliphatic carboxylic acids is 1. The van der Waals surface area contributed by atoms with E-state index >= 15 is 0 Å². The van der Waals surface area contributed by atoms with E-state index in [1.54, 1.807) is 0 Å². The minimum atomic E-state index is -1.12. The molecule has 0 radical (unpaired) electrons. The van der Waals surface area contributed by atoms with Crippen molar-refractivity contribution in [2.45, 2.75) is 45.1 Å². The fourth-order valence-corrected chi connectivity index (χ4v) is 2.89. The highest BCUT2D eigenvalue weighted by Crippen LogP contribution is 2.22. The molecular formula is C18H23N3O5. The highest BCUT2D eigenvalue weighted by Gasteiger charge is 2.51. The number of amides is 1. The minimum absolute atomic E-state index is 0.217. The van der Waals surface area contributed by atoms with E-state index in [1.807, 2.05) is 38.1 Å². The largest absolute Gasteiger partial charge is 0.479 e. The Kier molecular flexibility index (Phi) is 5.53. The van der Waals surface area contributed by atoms with Crippen LogP contribution in [-0.2, 0) is 25.7 Å². The Hall–Kier alpha value is -2.45. The Bertz CT molecular complexity index is 755. The second-order valence-corrected chi connectivity index (χ2v) is 6.87. The van der Waals surface area contributed by atoms with Crippen molar-refractivity contribution in [2.24, 2.45) is 5.92 Å². The molecule has 1 fully saturated rings. The number of carbonyl (C=O) groups is 2. The van der Waals surface area contributed by atoms with Crippen LogP contribution < -0.4 is 5.32 Å². The maximum Gasteiger partial charge on any atom is 0.336 e. The van der Waals surface area contributed by atoms with Crippen molar-refractivity contribution in [3.63, 3.8) is 0 Å². The van der Waals surface area contributed by atoms with E-state index in [-0.39, 0.29) is 6.04 Å². The molecular weight excluding hydrogens is 338 g/mol. The SMILES string of the molecule is CC(C)CC(COCc1nc2ccccc2[nH]1)NC(=O)[C@H]1O[C@@H]1C(=O)O. The van der Waals surface area contributed by atoms with Crippen LogP contribution in [0.3, 0.4) is 0 Å². The third-order valence-electron chi connectivity index (χ3n) is 4.09. The van der Waals surface area contributed by atoms with E-state index < -0.39 is 24.1 Å². The summed E-state index contributed by atoms with van der Waals surface area (Å²) in [4.78, 5) is 30.5. The second-order valence-electron chi connectivity index (χ2n) is 6.87. The molecule has 3 rings (SSSR count). The average molecular weight is 361 g/mol. The van der Waals surface area contributed by atoms with Crippen LogP contribution in [0.25, 0.3) is 11.0 Å². The number of nitrogens with one attached hydrogen (secondary N) is 2. The molecule has 0 bridgehead atoms. The van der Waals surface area contributed by atoms with Gasteiger partial charge in [0, 0.05) is 0 Å². The first-order chi connectivity index (χ1) is 12.4. The predicted molar refractivity (Wildman–Crippen MR) is 93.4 cm³/mol. The number of carboxylic acid groups (broad SMARTS) is 1. The Balaban J connectivity index is 1.51. The monoisotopic (exact) mass is 361 g/mol. The summed E-state index contributed by atoms with van der Waals surface area (Å²) in [6.45, 7) is 4.71. The zero-order valence-corrected chi connectivity index (χ0v) is 14.8. The highest BCUT2D eigenvalue weighted by atomic mass is 16.6. The second kappa shape index (κ2) is 7.84. The van der Waals surface area contributed by atoms with Gasteiger partial charge in [-0.25, -0.2) is 9.78 Å². The Morgan fingerprint density at radius 3 is 2.77 bits per heavy atom. The van der Waals surface area contributed by atoms with Crippen molar-refractivity contribution < 1.29 is 24.2 Å².